The molecule has 9 nitrogen and oxygen atoms in total. The van der Waals surface area contributed by atoms with Gasteiger partial charge in [-0.3, -0.25) is 14.8 Å². The second kappa shape index (κ2) is 8.78. The van der Waals surface area contributed by atoms with Crippen LogP contribution in [0.25, 0.3) is 0 Å². The number of esters is 1. The molecule has 0 aliphatic carbocycles. The molecule has 1 aromatic heterocycles. The first-order valence-electron chi connectivity index (χ1n) is 8.32. The number of halogens is 1. The number of benzene rings is 2. The van der Waals surface area contributed by atoms with Crippen molar-refractivity contribution in [2.24, 2.45) is 0 Å². The van der Waals surface area contributed by atoms with Crippen LogP contribution in [0.2, 0.25) is 5.02 Å². The molecule has 156 valence electrons. The number of hydrogen-bond donors (Lipinski definition) is 2. The summed E-state index contributed by atoms with van der Waals surface area (Å²) in [4.78, 5) is 24.1. The lowest BCUT2D eigenvalue weighted by atomic mass is 10.1. The number of carbonyl (C=O) groups is 2. The molecule has 0 aliphatic heterocycles. The Balaban J connectivity index is 1.78. The summed E-state index contributed by atoms with van der Waals surface area (Å²) in [5, 5.41) is 10.0. The van der Waals surface area contributed by atoms with Gasteiger partial charge in [-0.2, -0.15) is 8.42 Å². The Labute approximate surface area is 181 Å². The molecule has 0 bridgehead atoms. The molecule has 0 atom stereocenters. The maximum absolute atomic E-state index is 12.6. The number of methoxy groups -OCH3 is 1. The van der Waals surface area contributed by atoms with Crippen LogP contribution in [0.15, 0.2) is 46.8 Å². The summed E-state index contributed by atoms with van der Waals surface area (Å²) < 4.78 is 31.7. The highest BCUT2D eigenvalue weighted by molar-refractivity contribution is 7.94. The van der Waals surface area contributed by atoms with E-state index in [1.807, 2.05) is 0 Å². The molecule has 0 radical (unpaired) electrons. The maximum Gasteiger partial charge on any atom is 0.339 e. The van der Waals surface area contributed by atoms with Crippen LogP contribution in [0.3, 0.4) is 0 Å². The molecule has 0 aliphatic rings. The van der Waals surface area contributed by atoms with E-state index < -0.39 is 21.9 Å². The van der Waals surface area contributed by atoms with Crippen molar-refractivity contribution in [3.05, 3.63) is 64.2 Å². The first-order valence-corrected chi connectivity index (χ1v) is 11.0. The third-order valence-corrected chi connectivity index (χ3v) is 6.79. The number of amides is 1. The Morgan fingerprint density at radius 1 is 1.10 bits per heavy atom. The minimum absolute atomic E-state index is 0.00261. The Morgan fingerprint density at radius 2 is 1.83 bits per heavy atom. The molecule has 3 rings (SSSR count). The lowest BCUT2D eigenvalue weighted by Gasteiger charge is -2.08. The van der Waals surface area contributed by atoms with E-state index in [1.54, 1.807) is 31.2 Å². The van der Waals surface area contributed by atoms with Crippen molar-refractivity contribution < 1.29 is 22.7 Å². The lowest BCUT2D eigenvalue weighted by molar-refractivity contribution is 0.0601. The quantitative estimate of drug-likeness (QED) is 0.421. The van der Waals surface area contributed by atoms with Crippen molar-refractivity contribution in [1.29, 1.82) is 0 Å². The Morgan fingerprint density at radius 3 is 2.53 bits per heavy atom. The van der Waals surface area contributed by atoms with Crippen LogP contribution in [0.1, 0.15) is 26.3 Å². The van der Waals surface area contributed by atoms with Crippen LogP contribution in [-0.2, 0) is 14.8 Å². The van der Waals surface area contributed by atoms with E-state index in [9.17, 15) is 18.0 Å². The fraction of sp³-hybridized carbons (Fsp3) is 0.111. The number of rotatable bonds is 6. The zero-order valence-corrected chi connectivity index (χ0v) is 18.1. The van der Waals surface area contributed by atoms with Crippen molar-refractivity contribution in [3.8, 4) is 0 Å². The minimum Gasteiger partial charge on any atom is -0.465 e. The predicted molar refractivity (Wildman–Crippen MR) is 113 cm³/mol. The summed E-state index contributed by atoms with van der Waals surface area (Å²) >= 11 is 6.62. The van der Waals surface area contributed by atoms with Crippen LogP contribution in [0, 0.1) is 6.92 Å². The van der Waals surface area contributed by atoms with E-state index in [4.69, 9.17) is 11.6 Å². The number of hydrogen-bond acceptors (Lipinski definition) is 8. The first kappa shape index (κ1) is 21.7. The topological polar surface area (TPSA) is 127 Å². The first-order chi connectivity index (χ1) is 14.2. The van der Waals surface area contributed by atoms with Gasteiger partial charge in [-0.1, -0.05) is 41.1 Å². The third-order valence-electron chi connectivity index (χ3n) is 3.87. The van der Waals surface area contributed by atoms with Gasteiger partial charge in [-0.05, 0) is 36.8 Å². The summed E-state index contributed by atoms with van der Waals surface area (Å²) in [5.41, 5.74) is 1.29. The smallest absolute Gasteiger partial charge is 0.339 e. The molecular formula is C18H15ClN4O5S2. The highest BCUT2D eigenvalue weighted by Gasteiger charge is 2.22. The van der Waals surface area contributed by atoms with Gasteiger partial charge in [-0.25, -0.2) is 4.79 Å². The van der Waals surface area contributed by atoms with Crippen molar-refractivity contribution in [2.45, 2.75) is 11.3 Å². The second-order valence-electron chi connectivity index (χ2n) is 5.93. The fourth-order valence-corrected chi connectivity index (χ4v) is 4.56. The number of anilines is 2. The lowest BCUT2D eigenvalue weighted by Crippen LogP contribution is -2.13. The molecule has 0 saturated heterocycles. The number of aryl methyl sites for hydroxylation is 1. The molecular weight excluding hydrogens is 452 g/mol. The Bertz CT molecular complexity index is 1230. The van der Waals surface area contributed by atoms with Gasteiger partial charge in [0.05, 0.1) is 17.7 Å². The van der Waals surface area contributed by atoms with Crippen LogP contribution in [0.5, 0.6) is 0 Å². The molecule has 2 N–H and O–H groups in total. The van der Waals surface area contributed by atoms with Crippen LogP contribution in [0.4, 0.5) is 10.8 Å². The number of sulfonamides is 1. The molecule has 1 heterocycles. The van der Waals surface area contributed by atoms with Crippen molar-refractivity contribution in [3.63, 3.8) is 0 Å². The average Bonchev–Trinajstić information content (AvgIpc) is 3.18. The Hall–Kier alpha value is -3.02. The van der Waals surface area contributed by atoms with Crippen LogP contribution in [-0.4, -0.2) is 37.6 Å². The zero-order valence-electron chi connectivity index (χ0n) is 15.7. The highest BCUT2D eigenvalue weighted by Crippen LogP contribution is 2.26. The predicted octanol–water partition coefficient (Wildman–Crippen LogP) is 3.34. The monoisotopic (exact) mass is 466 g/mol. The maximum atomic E-state index is 12.6. The van der Waals surface area contributed by atoms with Crippen LogP contribution >= 0.6 is 22.9 Å². The van der Waals surface area contributed by atoms with Crippen molar-refractivity contribution in [2.75, 3.05) is 17.1 Å². The van der Waals surface area contributed by atoms with Gasteiger partial charge in [0, 0.05) is 11.3 Å². The fourth-order valence-electron chi connectivity index (χ4n) is 2.41. The molecule has 3 aromatic rings. The normalized spacial score (nSPS) is 11.0. The van der Waals surface area contributed by atoms with E-state index in [0.717, 1.165) is 5.56 Å². The summed E-state index contributed by atoms with van der Waals surface area (Å²) in [6.45, 7) is 1.78. The van der Waals surface area contributed by atoms with E-state index in [2.05, 4.69) is 25.0 Å². The largest absolute Gasteiger partial charge is 0.465 e. The van der Waals surface area contributed by atoms with Gasteiger partial charge >= 0.3 is 5.97 Å². The summed E-state index contributed by atoms with van der Waals surface area (Å²) in [6, 6.07) is 10.9. The Kier molecular flexibility index (Phi) is 6.34. The molecule has 12 heteroatoms. The van der Waals surface area contributed by atoms with Gasteiger partial charge in [0.15, 0.2) is 0 Å². The standard InChI is InChI=1S/C18H15ClN4O5S2/c1-10-5-3-4-6-12(10)15(24)20-17-21-22-18(29-17)30(26,27)23-11-7-8-14(19)13(9-11)16(25)28-2/h3-9,23H,1-2H3,(H,20,21,24). The number of ether oxygens (including phenoxy) is 1. The zero-order chi connectivity index (χ0) is 21.9. The minimum atomic E-state index is -4.11. The number of nitrogens with zero attached hydrogens (tertiary/aromatic N) is 2. The highest BCUT2D eigenvalue weighted by atomic mass is 35.5. The number of carbonyl (C=O) groups excluding carboxylic acids is 2. The summed E-state index contributed by atoms with van der Waals surface area (Å²) in [7, 11) is -2.93. The van der Waals surface area contributed by atoms with Gasteiger partial charge in [0.2, 0.25) is 5.13 Å². The van der Waals surface area contributed by atoms with Gasteiger partial charge < -0.3 is 4.74 Å². The molecule has 0 spiro atoms. The van der Waals surface area contributed by atoms with Crippen molar-refractivity contribution >= 4 is 55.7 Å². The van der Waals surface area contributed by atoms with Crippen LogP contribution < -0.4 is 10.0 Å². The SMILES string of the molecule is COC(=O)c1cc(NS(=O)(=O)c2nnc(NC(=O)c3ccccc3C)s2)ccc1Cl. The van der Waals surface area contributed by atoms with Gasteiger partial charge in [0.1, 0.15) is 0 Å². The number of aromatic nitrogens is 2. The molecule has 0 fully saturated rings. The molecule has 0 saturated carbocycles. The van der Waals surface area contributed by atoms with E-state index in [0.29, 0.717) is 16.9 Å². The third kappa shape index (κ3) is 4.75. The molecule has 1 amide bonds. The van der Waals surface area contributed by atoms with E-state index in [-0.39, 0.29) is 25.7 Å². The average molecular weight is 467 g/mol. The molecule has 0 unspecified atom stereocenters. The summed E-state index contributed by atoms with van der Waals surface area (Å²) in [6.07, 6.45) is 0. The molecule has 30 heavy (non-hydrogen) atoms. The molecule has 2 aromatic carbocycles. The van der Waals surface area contributed by atoms with Gasteiger partial charge in [-0.15, -0.1) is 10.2 Å². The van der Waals surface area contributed by atoms with Gasteiger partial charge in [0.25, 0.3) is 20.3 Å². The number of nitrogens with one attached hydrogen (secondary N) is 2. The van der Waals surface area contributed by atoms with E-state index in [1.165, 1.54) is 25.3 Å². The summed E-state index contributed by atoms with van der Waals surface area (Å²) in [5.74, 6) is -1.14. The van der Waals surface area contributed by atoms with E-state index >= 15 is 0 Å². The van der Waals surface area contributed by atoms with Crippen molar-refractivity contribution in [1.82, 2.24) is 10.2 Å². The second-order valence-corrected chi connectivity index (χ2v) is 9.17.